The van der Waals surface area contributed by atoms with E-state index in [0.717, 1.165) is 17.9 Å². The van der Waals surface area contributed by atoms with Crippen molar-refractivity contribution in [1.82, 2.24) is 0 Å². The van der Waals surface area contributed by atoms with Crippen LogP contribution >= 0.6 is 0 Å². The molecule has 0 aliphatic carbocycles. The van der Waals surface area contributed by atoms with Crippen LogP contribution < -0.4 is 4.74 Å². The Kier molecular flexibility index (Phi) is 4.15. The molecule has 0 atom stereocenters. The van der Waals surface area contributed by atoms with Crippen molar-refractivity contribution in [2.75, 3.05) is 6.61 Å². The first kappa shape index (κ1) is 12.1. The summed E-state index contributed by atoms with van der Waals surface area (Å²) >= 11 is 0. The van der Waals surface area contributed by atoms with E-state index in [2.05, 4.69) is 0 Å². The van der Waals surface area contributed by atoms with E-state index < -0.39 is 0 Å². The van der Waals surface area contributed by atoms with Crippen molar-refractivity contribution in [1.29, 1.82) is 0 Å². The maximum Gasteiger partial charge on any atom is 0.125 e. The molecule has 0 saturated carbocycles. The largest absolute Gasteiger partial charge is 0.488 e. The fraction of sp³-hybridized carbons (Fsp3) is 0.538. The summed E-state index contributed by atoms with van der Waals surface area (Å²) in [5.41, 5.74) is 0.941. The topological polar surface area (TPSA) is 18.5 Å². The molecule has 0 aromatic heterocycles. The van der Waals surface area contributed by atoms with Crippen molar-refractivity contribution >= 4 is 0 Å². The van der Waals surface area contributed by atoms with Gasteiger partial charge in [0.2, 0.25) is 0 Å². The van der Waals surface area contributed by atoms with Gasteiger partial charge in [0.25, 0.3) is 0 Å². The lowest BCUT2D eigenvalue weighted by Gasteiger charge is -2.23. The predicted octanol–water partition coefficient (Wildman–Crippen LogP) is 3.40. The third-order valence-corrected chi connectivity index (χ3v) is 1.85. The van der Waals surface area contributed by atoms with Crippen molar-refractivity contribution in [2.24, 2.45) is 0 Å². The Hall–Kier alpha value is -1.02. The molecule has 0 N–H and O–H groups in total. The van der Waals surface area contributed by atoms with E-state index in [0.29, 0.717) is 6.61 Å². The number of rotatable bonds is 4. The summed E-state index contributed by atoms with van der Waals surface area (Å²) in [7, 11) is 0. The van der Waals surface area contributed by atoms with Gasteiger partial charge >= 0.3 is 0 Å². The summed E-state index contributed by atoms with van der Waals surface area (Å²) in [4.78, 5) is 0. The Labute approximate surface area is 92.2 Å². The molecule has 2 heteroatoms. The zero-order valence-electron chi connectivity index (χ0n) is 10.0. The maximum atomic E-state index is 5.85. The molecular formula is C13H20O2. The van der Waals surface area contributed by atoms with Gasteiger partial charge in [0.15, 0.2) is 0 Å². The monoisotopic (exact) mass is 208 g/mol. The van der Waals surface area contributed by atoms with Gasteiger partial charge in [-0.3, -0.25) is 0 Å². The Morgan fingerprint density at radius 1 is 1.13 bits per heavy atom. The third-order valence-electron chi connectivity index (χ3n) is 1.85. The molecule has 1 aromatic rings. The van der Waals surface area contributed by atoms with Gasteiger partial charge in [0.05, 0.1) is 6.61 Å². The summed E-state index contributed by atoms with van der Waals surface area (Å²) in [6.45, 7) is 9.47. The highest BCUT2D eigenvalue weighted by Gasteiger charge is 2.13. The molecule has 2 nitrogen and oxygen atoms in total. The van der Waals surface area contributed by atoms with Crippen LogP contribution in [0.2, 0.25) is 0 Å². The fourth-order valence-electron chi connectivity index (χ4n) is 1.26. The molecule has 0 bridgehead atoms. The first-order valence-corrected chi connectivity index (χ1v) is 5.37. The normalized spacial score (nSPS) is 11.5. The quantitative estimate of drug-likeness (QED) is 0.755. The van der Waals surface area contributed by atoms with Gasteiger partial charge in [-0.2, -0.15) is 0 Å². The predicted molar refractivity (Wildman–Crippen MR) is 62.2 cm³/mol. The second kappa shape index (κ2) is 5.17. The fourth-order valence-corrected chi connectivity index (χ4v) is 1.26. The number of hydrogen-bond donors (Lipinski definition) is 0. The molecule has 84 valence electrons. The lowest BCUT2D eigenvalue weighted by Crippen LogP contribution is -2.23. The summed E-state index contributed by atoms with van der Waals surface area (Å²) in [6, 6.07) is 8.01. The van der Waals surface area contributed by atoms with Crippen molar-refractivity contribution in [3.63, 3.8) is 0 Å². The van der Waals surface area contributed by atoms with Gasteiger partial charge in [-0.05, 0) is 33.8 Å². The lowest BCUT2D eigenvalue weighted by molar-refractivity contribution is 0.110. The highest BCUT2D eigenvalue weighted by Crippen LogP contribution is 2.23. The van der Waals surface area contributed by atoms with Gasteiger partial charge in [-0.1, -0.05) is 18.2 Å². The number of para-hydroxylation sites is 1. The number of ether oxygens (including phenoxy) is 2. The van der Waals surface area contributed by atoms with E-state index in [-0.39, 0.29) is 5.60 Å². The minimum absolute atomic E-state index is 0.164. The van der Waals surface area contributed by atoms with Crippen LogP contribution in [0.15, 0.2) is 24.3 Å². The number of benzene rings is 1. The van der Waals surface area contributed by atoms with Gasteiger partial charge in [0, 0.05) is 12.2 Å². The van der Waals surface area contributed by atoms with Crippen LogP contribution in [0.1, 0.15) is 33.3 Å². The van der Waals surface area contributed by atoms with Crippen LogP contribution in [0, 0.1) is 0 Å². The van der Waals surface area contributed by atoms with Crippen molar-refractivity contribution in [2.45, 2.75) is 39.9 Å². The second-order valence-corrected chi connectivity index (χ2v) is 4.46. The van der Waals surface area contributed by atoms with E-state index in [1.165, 1.54) is 0 Å². The Morgan fingerprint density at radius 3 is 2.40 bits per heavy atom. The van der Waals surface area contributed by atoms with E-state index in [1.807, 2.05) is 52.0 Å². The summed E-state index contributed by atoms with van der Waals surface area (Å²) in [6.07, 6.45) is 0. The Morgan fingerprint density at radius 2 is 1.80 bits per heavy atom. The molecule has 0 fully saturated rings. The van der Waals surface area contributed by atoms with Gasteiger partial charge in [-0.15, -0.1) is 0 Å². The van der Waals surface area contributed by atoms with Gasteiger partial charge in [-0.25, -0.2) is 0 Å². The molecule has 0 amide bonds. The van der Waals surface area contributed by atoms with E-state index in [1.54, 1.807) is 0 Å². The van der Waals surface area contributed by atoms with Crippen LogP contribution in [-0.4, -0.2) is 12.2 Å². The first-order valence-electron chi connectivity index (χ1n) is 5.37. The minimum atomic E-state index is -0.164. The third kappa shape index (κ3) is 4.34. The van der Waals surface area contributed by atoms with Gasteiger partial charge < -0.3 is 9.47 Å². The molecule has 0 spiro atoms. The summed E-state index contributed by atoms with van der Waals surface area (Å²) < 4.78 is 11.2. The molecule has 0 aliphatic rings. The number of hydrogen-bond acceptors (Lipinski definition) is 2. The molecule has 0 aliphatic heterocycles. The van der Waals surface area contributed by atoms with Crippen LogP contribution in [0.4, 0.5) is 0 Å². The van der Waals surface area contributed by atoms with Crippen LogP contribution in [-0.2, 0) is 11.3 Å². The molecule has 1 rings (SSSR count). The van der Waals surface area contributed by atoms with Crippen LogP contribution in [0.5, 0.6) is 5.75 Å². The zero-order chi connectivity index (χ0) is 11.3. The molecule has 15 heavy (non-hydrogen) atoms. The van der Waals surface area contributed by atoms with E-state index in [4.69, 9.17) is 9.47 Å². The summed E-state index contributed by atoms with van der Waals surface area (Å²) in [5, 5.41) is 0. The van der Waals surface area contributed by atoms with E-state index in [9.17, 15) is 0 Å². The smallest absolute Gasteiger partial charge is 0.125 e. The average Bonchev–Trinajstić information content (AvgIpc) is 2.14. The average molecular weight is 208 g/mol. The molecule has 0 heterocycles. The van der Waals surface area contributed by atoms with E-state index >= 15 is 0 Å². The Balaban J connectivity index is 2.77. The molecular weight excluding hydrogens is 188 g/mol. The van der Waals surface area contributed by atoms with Crippen molar-refractivity contribution in [3.05, 3.63) is 29.8 Å². The maximum absolute atomic E-state index is 5.85. The zero-order valence-corrected chi connectivity index (χ0v) is 10.0. The SMILES string of the molecule is CCOCc1ccccc1OC(C)(C)C. The Bertz CT molecular complexity index is 300. The minimum Gasteiger partial charge on any atom is -0.488 e. The standard InChI is InChI=1S/C13H20O2/c1-5-14-10-11-8-6-7-9-12(11)15-13(2,3)4/h6-9H,5,10H2,1-4H3. The van der Waals surface area contributed by atoms with Crippen molar-refractivity contribution < 1.29 is 9.47 Å². The summed E-state index contributed by atoms with van der Waals surface area (Å²) in [5.74, 6) is 0.915. The second-order valence-electron chi connectivity index (χ2n) is 4.46. The lowest BCUT2D eigenvalue weighted by atomic mass is 10.1. The molecule has 1 aromatic carbocycles. The molecule has 0 saturated heterocycles. The van der Waals surface area contributed by atoms with Crippen LogP contribution in [0.25, 0.3) is 0 Å². The van der Waals surface area contributed by atoms with Gasteiger partial charge in [0.1, 0.15) is 11.4 Å². The van der Waals surface area contributed by atoms with Crippen molar-refractivity contribution in [3.8, 4) is 5.75 Å². The first-order chi connectivity index (χ1) is 7.03. The molecule has 0 unspecified atom stereocenters. The highest BCUT2D eigenvalue weighted by atomic mass is 16.5. The van der Waals surface area contributed by atoms with Crippen LogP contribution in [0.3, 0.4) is 0 Å². The molecule has 0 radical (unpaired) electrons. The highest BCUT2D eigenvalue weighted by molar-refractivity contribution is 5.33.